The van der Waals surface area contributed by atoms with E-state index in [9.17, 15) is 15.0 Å². The van der Waals surface area contributed by atoms with Crippen LogP contribution in [0.4, 0.5) is 0 Å². The first-order valence-electron chi connectivity index (χ1n) is 13.0. The fourth-order valence-electron chi connectivity index (χ4n) is 4.99. The molecule has 1 saturated heterocycles. The number of hydrogen-bond acceptors (Lipinski definition) is 4. The van der Waals surface area contributed by atoms with Crippen molar-refractivity contribution in [2.24, 2.45) is 5.92 Å². The van der Waals surface area contributed by atoms with Crippen molar-refractivity contribution in [3.05, 3.63) is 59.2 Å². The van der Waals surface area contributed by atoms with Gasteiger partial charge in [0.15, 0.2) is 0 Å². The Morgan fingerprint density at radius 3 is 2.24 bits per heavy atom. The summed E-state index contributed by atoms with van der Waals surface area (Å²) >= 11 is 0. The minimum atomic E-state index is -0.621. The second kappa shape index (κ2) is 12.8. The number of likely N-dealkylation sites (tertiary alicyclic amines) is 1. The summed E-state index contributed by atoms with van der Waals surface area (Å²) in [6, 6.07) is 12.5. The van der Waals surface area contributed by atoms with Crippen LogP contribution in [0.15, 0.2) is 42.5 Å². The van der Waals surface area contributed by atoms with Gasteiger partial charge in [-0.05, 0) is 61.0 Å². The average molecular weight is 467 g/mol. The number of phenolic OH excluding ortho intramolecular Hbond substituents is 2. The topological polar surface area (TPSA) is 72.8 Å². The van der Waals surface area contributed by atoms with E-state index in [-0.39, 0.29) is 23.3 Å². The summed E-state index contributed by atoms with van der Waals surface area (Å²) in [6.07, 6.45) is 8.19. The summed E-state index contributed by atoms with van der Waals surface area (Å²) in [7, 11) is 0. The second-order valence-electron chi connectivity index (χ2n) is 9.98. The van der Waals surface area contributed by atoms with Gasteiger partial charge < -0.3 is 15.5 Å². The van der Waals surface area contributed by atoms with Crippen molar-refractivity contribution in [1.29, 1.82) is 0 Å². The standard InChI is InChI=1S/C29H42N2O3/c1-4-5-8-13-21(2)22(3)24-18-25(32)28(26(33)19-24)29(23-14-9-6-10-15-23)30-27(34)20-31-16-11-7-12-17-31/h6,9-10,14-15,18-19,21-22,29,32-33H,4-5,7-8,11-13,16-17,20H2,1-3H3,(H,30,34). The lowest BCUT2D eigenvalue weighted by Crippen LogP contribution is -2.41. The number of aromatic hydroxyl groups is 2. The number of carbonyl (C=O) groups is 1. The van der Waals surface area contributed by atoms with Crippen LogP contribution >= 0.6 is 0 Å². The van der Waals surface area contributed by atoms with Gasteiger partial charge in [-0.1, -0.05) is 83.2 Å². The molecule has 1 aliphatic rings. The van der Waals surface area contributed by atoms with Crippen LogP contribution in [0, 0.1) is 5.92 Å². The molecule has 2 aromatic rings. The molecule has 5 heteroatoms. The number of piperidine rings is 1. The van der Waals surface area contributed by atoms with E-state index in [0.717, 1.165) is 43.5 Å². The maximum Gasteiger partial charge on any atom is 0.234 e. The predicted octanol–water partition coefficient (Wildman–Crippen LogP) is 6.11. The molecule has 34 heavy (non-hydrogen) atoms. The number of rotatable bonds is 11. The average Bonchev–Trinajstić information content (AvgIpc) is 2.83. The fraction of sp³-hybridized carbons (Fsp3) is 0.552. The lowest BCUT2D eigenvalue weighted by molar-refractivity contribution is -0.123. The third-order valence-electron chi connectivity index (χ3n) is 7.34. The molecule has 3 N–H and O–H groups in total. The zero-order chi connectivity index (χ0) is 24.5. The molecule has 0 radical (unpaired) electrons. The van der Waals surface area contributed by atoms with Crippen LogP contribution in [0.2, 0.25) is 0 Å². The molecule has 3 unspecified atom stereocenters. The number of carbonyl (C=O) groups excluding carboxylic acids is 1. The van der Waals surface area contributed by atoms with Crippen molar-refractivity contribution < 1.29 is 15.0 Å². The van der Waals surface area contributed by atoms with Crippen LogP contribution in [0.5, 0.6) is 11.5 Å². The normalized spacial score (nSPS) is 17.1. The third-order valence-corrected chi connectivity index (χ3v) is 7.34. The highest BCUT2D eigenvalue weighted by atomic mass is 16.3. The first kappa shape index (κ1) is 26.1. The van der Waals surface area contributed by atoms with E-state index in [1.807, 2.05) is 30.3 Å². The van der Waals surface area contributed by atoms with Gasteiger partial charge in [0.25, 0.3) is 0 Å². The molecule has 0 aromatic heterocycles. The summed E-state index contributed by atoms with van der Waals surface area (Å²) in [5, 5.41) is 25.2. The second-order valence-corrected chi connectivity index (χ2v) is 9.98. The highest BCUT2D eigenvalue weighted by Gasteiger charge is 2.26. The van der Waals surface area contributed by atoms with Crippen molar-refractivity contribution in [2.45, 2.75) is 77.7 Å². The third kappa shape index (κ3) is 6.99. The van der Waals surface area contributed by atoms with Gasteiger partial charge in [0.1, 0.15) is 11.5 Å². The maximum atomic E-state index is 13.0. The van der Waals surface area contributed by atoms with E-state index >= 15 is 0 Å². The Balaban J connectivity index is 1.83. The molecule has 0 saturated carbocycles. The highest BCUT2D eigenvalue weighted by molar-refractivity contribution is 5.79. The van der Waals surface area contributed by atoms with Crippen LogP contribution in [-0.4, -0.2) is 40.7 Å². The first-order chi connectivity index (χ1) is 16.4. The van der Waals surface area contributed by atoms with Gasteiger partial charge in [0.05, 0.1) is 18.2 Å². The number of phenols is 2. The maximum absolute atomic E-state index is 13.0. The predicted molar refractivity (Wildman–Crippen MR) is 138 cm³/mol. The Morgan fingerprint density at radius 2 is 1.62 bits per heavy atom. The molecule has 186 valence electrons. The number of benzene rings is 2. The van der Waals surface area contributed by atoms with Crippen LogP contribution in [0.1, 0.15) is 94.4 Å². The molecular weight excluding hydrogens is 424 g/mol. The lowest BCUT2D eigenvalue weighted by atomic mass is 9.84. The number of amides is 1. The molecule has 1 fully saturated rings. The van der Waals surface area contributed by atoms with Crippen molar-refractivity contribution in [2.75, 3.05) is 19.6 Å². The van der Waals surface area contributed by atoms with Gasteiger partial charge in [0, 0.05) is 0 Å². The number of nitrogens with one attached hydrogen (secondary N) is 1. The van der Waals surface area contributed by atoms with E-state index in [1.165, 1.54) is 25.7 Å². The van der Waals surface area contributed by atoms with Crippen LogP contribution in [0.3, 0.4) is 0 Å². The smallest absolute Gasteiger partial charge is 0.234 e. The number of hydrogen-bond donors (Lipinski definition) is 3. The van der Waals surface area contributed by atoms with E-state index in [0.29, 0.717) is 18.0 Å². The molecule has 1 aliphatic heterocycles. The molecule has 3 rings (SSSR count). The Hall–Kier alpha value is -2.53. The molecule has 1 amide bonds. The molecule has 0 spiro atoms. The van der Waals surface area contributed by atoms with Gasteiger partial charge in [-0.3, -0.25) is 9.69 Å². The molecule has 0 bridgehead atoms. The molecular formula is C29H42N2O3. The lowest BCUT2D eigenvalue weighted by Gasteiger charge is -2.28. The van der Waals surface area contributed by atoms with Crippen molar-refractivity contribution >= 4 is 5.91 Å². The monoisotopic (exact) mass is 466 g/mol. The quantitative estimate of drug-likeness (QED) is 0.349. The van der Waals surface area contributed by atoms with Crippen molar-refractivity contribution in [3.63, 3.8) is 0 Å². The van der Waals surface area contributed by atoms with E-state index in [4.69, 9.17) is 0 Å². The van der Waals surface area contributed by atoms with Gasteiger partial charge in [-0.15, -0.1) is 0 Å². The van der Waals surface area contributed by atoms with Crippen LogP contribution in [-0.2, 0) is 4.79 Å². The molecule has 1 heterocycles. The van der Waals surface area contributed by atoms with Gasteiger partial charge >= 0.3 is 0 Å². The summed E-state index contributed by atoms with van der Waals surface area (Å²) in [5.74, 6) is 0.609. The largest absolute Gasteiger partial charge is 0.507 e. The summed E-state index contributed by atoms with van der Waals surface area (Å²) in [6.45, 7) is 8.79. The van der Waals surface area contributed by atoms with Crippen LogP contribution < -0.4 is 5.32 Å². The minimum absolute atomic E-state index is 0.0229. The van der Waals surface area contributed by atoms with Crippen molar-refractivity contribution in [3.8, 4) is 11.5 Å². The Labute approximate surface area is 205 Å². The SMILES string of the molecule is CCCCCC(C)C(C)c1cc(O)c(C(NC(=O)CN2CCCCC2)c2ccccc2)c(O)c1. The Morgan fingerprint density at radius 1 is 0.971 bits per heavy atom. The molecule has 3 atom stereocenters. The van der Waals surface area contributed by atoms with E-state index in [2.05, 4.69) is 31.0 Å². The van der Waals surface area contributed by atoms with E-state index < -0.39 is 6.04 Å². The molecule has 0 aliphatic carbocycles. The van der Waals surface area contributed by atoms with Crippen LogP contribution in [0.25, 0.3) is 0 Å². The first-order valence-corrected chi connectivity index (χ1v) is 13.0. The Bertz CT molecular complexity index is 886. The summed E-state index contributed by atoms with van der Waals surface area (Å²) in [4.78, 5) is 15.1. The summed E-state index contributed by atoms with van der Waals surface area (Å²) in [5.41, 5.74) is 2.11. The summed E-state index contributed by atoms with van der Waals surface area (Å²) < 4.78 is 0. The van der Waals surface area contributed by atoms with Gasteiger partial charge in [-0.25, -0.2) is 0 Å². The highest BCUT2D eigenvalue weighted by Crippen LogP contribution is 2.40. The minimum Gasteiger partial charge on any atom is -0.507 e. The zero-order valence-corrected chi connectivity index (χ0v) is 21.1. The number of unbranched alkanes of at least 4 members (excludes halogenated alkanes) is 2. The van der Waals surface area contributed by atoms with E-state index in [1.54, 1.807) is 12.1 Å². The van der Waals surface area contributed by atoms with Gasteiger partial charge in [-0.2, -0.15) is 0 Å². The van der Waals surface area contributed by atoms with Gasteiger partial charge in [0.2, 0.25) is 5.91 Å². The zero-order valence-electron chi connectivity index (χ0n) is 21.1. The van der Waals surface area contributed by atoms with Crippen molar-refractivity contribution in [1.82, 2.24) is 10.2 Å². The Kier molecular flexibility index (Phi) is 9.82. The molecule has 5 nitrogen and oxygen atoms in total. The fourth-order valence-corrected chi connectivity index (χ4v) is 4.99. The molecule has 2 aromatic carbocycles. The number of nitrogens with zero attached hydrogens (tertiary/aromatic N) is 1.